The van der Waals surface area contributed by atoms with Gasteiger partial charge in [-0.3, -0.25) is 0 Å². The lowest BCUT2D eigenvalue weighted by atomic mass is 10.0. The molecular formula is C15H18F3NO5. The molecule has 134 valence electrons. The minimum absolute atomic E-state index is 0.0912. The van der Waals surface area contributed by atoms with Crippen molar-refractivity contribution < 1.29 is 37.7 Å². The van der Waals surface area contributed by atoms with Crippen LogP contribution >= 0.6 is 0 Å². The van der Waals surface area contributed by atoms with Gasteiger partial charge in [0.1, 0.15) is 11.7 Å². The van der Waals surface area contributed by atoms with E-state index in [2.05, 4.69) is 0 Å². The first kappa shape index (κ1) is 19.8. The summed E-state index contributed by atoms with van der Waals surface area (Å²) in [5.41, 5.74) is -1.91. The van der Waals surface area contributed by atoms with Crippen LogP contribution in [0.1, 0.15) is 38.0 Å². The summed E-state index contributed by atoms with van der Waals surface area (Å²) in [6.45, 7) is 4.69. The third kappa shape index (κ3) is 5.73. The van der Waals surface area contributed by atoms with E-state index in [1.165, 1.54) is 0 Å². The first-order valence-corrected chi connectivity index (χ1v) is 6.89. The maximum Gasteiger partial charge on any atom is 0.416 e. The Balaban J connectivity index is 2.92. The summed E-state index contributed by atoms with van der Waals surface area (Å²) in [5.74, 6) is -1.56. The number of carboxylic acids is 1. The predicted octanol–water partition coefficient (Wildman–Crippen LogP) is 2.72. The summed E-state index contributed by atoms with van der Waals surface area (Å²) in [6.07, 6.45) is -7.37. The van der Waals surface area contributed by atoms with Crippen LogP contribution in [-0.4, -0.2) is 33.9 Å². The van der Waals surface area contributed by atoms with E-state index >= 15 is 0 Å². The highest BCUT2D eigenvalue weighted by molar-refractivity contribution is 5.80. The largest absolute Gasteiger partial charge is 0.480 e. The van der Waals surface area contributed by atoms with Gasteiger partial charge in [-0.05, 0) is 38.5 Å². The van der Waals surface area contributed by atoms with Crippen molar-refractivity contribution in [2.75, 3.05) is 0 Å². The molecule has 0 aliphatic rings. The molecule has 0 aliphatic carbocycles. The topological polar surface area (TPSA) is 95.9 Å². The molecule has 1 aromatic carbocycles. The Morgan fingerprint density at radius 2 is 1.62 bits per heavy atom. The van der Waals surface area contributed by atoms with Crippen LogP contribution in [0.15, 0.2) is 24.3 Å². The highest BCUT2D eigenvalue weighted by atomic mass is 19.4. The molecule has 9 heteroatoms. The molecule has 1 unspecified atom stereocenters. The number of amides is 1. The quantitative estimate of drug-likeness (QED) is 0.777. The van der Waals surface area contributed by atoms with E-state index in [4.69, 9.17) is 9.84 Å². The van der Waals surface area contributed by atoms with Gasteiger partial charge in [-0.25, -0.2) is 9.59 Å². The molecule has 3 N–H and O–H groups in total. The second kappa shape index (κ2) is 7.08. The Labute approximate surface area is 136 Å². The van der Waals surface area contributed by atoms with E-state index < -0.39 is 41.5 Å². The zero-order valence-electron chi connectivity index (χ0n) is 13.2. The zero-order valence-corrected chi connectivity index (χ0v) is 13.2. The summed E-state index contributed by atoms with van der Waals surface area (Å²) < 4.78 is 42.4. The third-order valence-electron chi connectivity index (χ3n) is 2.83. The van der Waals surface area contributed by atoms with Crippen molar-refractivity contribution in [3.63, 3.8) is 0 Å². The lowest BCUT2D eigenvalue weighted by Gasteiger charge is -2.24. The van der Waals surface area contributed by atoms with Crippen molar-refractivity contribution in [1.29, 1.82) is 0 Å². The van der Waals surface area contributed by atoms with Gasteiger partial charge in [0.05, 0.1) is 5.56 Å². The van der Waals surface area contributed by atoms with Gasteiger partial charge in [0.25, 0.3) is 0 Å². The van der Waals surface area contributed by atoms with E-state index in [1.807, 2.05) is 5.32 Å². The molecule has 1 amide bonds. The van der Waals surface area contributed by atoms with Crippen molar-refractivity contribution in [3.05, 3.63) is 35.4 Å². The highest BCUT2D eigenvalue weighted by Crippen LogP contribution is 2.30. The Morgan fingerprint density at radius 1 is 1.12 bits per heavy atom. The van der Waals surface area contributed by atoms with Gasteiger partial charge in [0, 0.05) is 0 Å². The molecule has 1 aromatic rings. The number of rotatable bonds is 4. The van der Waals surface area contributed by atoms with Crippen LogP contribution in [-0.2, 0) is 15.7 Å². The minimum atomic E-state index is -4.55. The fraction of sp³-hybridized carbons (Fsp3) is 0.467. The van der Waals surface area contributed by atoms with Crippen molar-refractivity contribution in [3.8, 4) is 0 Å². The molecule has 24 heavy (non-hydrogen) atoms. The Bertz CT molecular complexity index is 593. The number of aliphatic carboxylic acids is 1. The first-order chi connectivity index (χ1) is 10.8. The summed E-state index contributed by atoms with van der Waals surface area (Å²) in [5, 5.41) is 21.2. The number of hydrogen-bond donors (Lipinski definition) is 3. The van der Waals surface area contributed by atoms with Crippen LogP contribution in [0.25, 0.3) is 0 Å². The van der Waals surface area contributed by atoms with Crippen LogP contribution in [0, 0.1) is 0 Å². The third-order valence-corrected chi connectivity index (χ3v) is 2.83. The van der Waals surface area contributed by atoms with Crippen LogP contribution in [0.3, 0.4) is 0 Å². The van der Waals surface area contributed by atoms with Gasteiger partial charge in [-0.2, -0.15) is 13.2 Å². The van der Waals surface area contributed by atoms with Crippen molar-refractivity contribution in [2.24, 2.45) is 0 Å². The summed E-state index contributed by atoms with van der Waals surface area (Å²) >= 11 is 0. The predicted molar refractivity (Wildman–Crippen MR) is 77.2 cm³/mol. The molecule has 0 aromatic heterocycles. The Kier molecular flexibility index (Phi) is 5.83. The fourth-order valence-electron chi connectivity index (χ4n) is 1.77. The smallest absolute Gasteiger partial charge is 0.416 e. The Morgan fingerprint density at radius 3 is 2.00 bits per heavy atom. The maximum atomic E-state index is 12.5. The molecule has 0 aliphatic heterocycles. The second-order valence-corrected chi connectivity index (χ2v) is 6.03. The molecule has 0 radical (unpaired) electrons. The molecule has 0 fully saturated rings. The van der Waals surface area contributed by atoms with E-state index in [9.17, 15) is 27.9 Å². The van der Waals surface area contributed by atoms with Crippen LogP contribution < -0.4 is 5.32 Å². The molecule has 0 saturated heterocycles. The monoisotopic (exact) mass is 349 g/mol. The summed E-state index contributed by atoms with van der Waals surface area (Å²) in [6, 6.07) is 1.53. The number of aliphatic hydroxyl groups excluding tert-OH is 1. The lowest BCUT2D eigenvalue weighted by molar-refractivity contribution is -0.143. The van der Waals surface area contributed by atoms with Gasteiger partial charge in [0.15, 0.2) is 6.04 Å². The number of carbonyl (C=O) groups is 2. The SMILES string of the molecule is CC(C)(C)OC(=O)N[C@@H](C(=O)O)C(O)c1ccc(C(F)(F)F)cc1. The van der Waals surface area contributed by atoms with E-state index in [0.717, 1.165) is 12.1 Å². The standard InChI is InChI=1S/C15H18F3NO5/c1-14(2,3)24-13(23)19-10(12(21)22)11(20)8-4-6-9(7-5-8)15(16,17)18/h4-7,10-11,20H,1-3H3,(H,19,23)(H,21,22)/t10-,11?/m1/s1. The average Bonchev–Trinajstić information content (AvgIpc) is 2.41. The summed E-state index contributed by atoms with van der Waals surface area (Å²) in [4.78, 5) is 22.9. The molecule has 6 nitrogen and oxygen atoms in total. The van der Waals surface area contributed by atoms with Crippen molar-refractivity contribution >= 4 is 12.1 Å². The van der Waals surface area contributed by atoms with Gasteiger partial charge in [0.2, 0.25) is 0 Å². The molecule has 0 heterocycles. The molecule has 2 atom stereocenters. The van der Waals surface area contributed by atoms with Crippen LogP contribution in [0.5, 0.6) is 0 Å². The van der Waals surface area contributed by atoms with Crippen LogP contribution in [0.4, 0.5) is 18.0 Å². The van der Waals surface area contributed by atoms with Gasteiger partial charge >= 0.3 is 18.2 Å². The number of hydrogen-bond acceptors (Lipinski definition) is 4. The molecule has 0 spiro atoms. The van der Waals surface area contributed by atoms with Crippen molar-refractivity contribution in [2.45, 2.75) is 44.7 Å². The number of alkyl carbamates (subject to hydrolysis) is 1. The number of ether oxygens (including phenoxy) is 1. The average molecular weight is 349 g/mol. The first-order valence-electron chi connectivity index (χ1n) is 6.89. The Hall–Kier alpha value is -2.29. The molecule has 0 bridgehead atoms. The fourth-order valence-corrected chi connectivity index (χ4v) is 1.77. The minimum Gasteiger partial charge on any atom is -0.480 e. The molecular weight excluding hydrogens is 331 g/mol. The van der Waals surface area contributed by atoms with Gasteiger partial charge in [-0.15, -0.1) is 0 Å². The number of carbonyl (C=O) groups excluding carboxylic acids is 1. The molecule has 1 rings (SSSR count). The highest BCUT2D eigenvalue weighted by Gasteiger charge is 2.33. The zero-order chi connectivity index (χ0) is 18.7. The van der Waals surface area contributed by atoms with Crippen LogP contribution in [0.2, 0.25) is 0 Å². The van der Waals surface area contributed by atoms with Gasteiger partial charge < -0.3 is 20.3 Å². The van der Waals surface area contributed by atoms with E-state index in [1.54, 1.807) is 20.8 Å². The number of alkyl halides is 3. The van der Waals surface area contributed by atoms with Gasteiger partial charge in [-0.1, -0.05) is 12.1 Å². The number of nitrogens with one attached hydrogen (secondary N) is 1. The number of carboxylic acid groups (broad SMARTS) is 1. The molecule has 0 saturated carbocycles. The number of aliphatic hydroxyl groups is 1. The maximum absolute atomic E-state index is 12.5. The lowest BCUT2D eigenvalue weighted by Crippen LogP contribution is -2.46. The van der Waals surface area contributed by atoms with E-state index in [-0.39, 0.29) is 5.56 Å². The number of halogens is 3. The number of benzene rings is 1. The van der Waals surface area contributed by atoms with Crippen molar-refractivity contribution in [1.82, 2.24) is 5.32 Å². The summed E-state index contributed by atoms with van der Waals surface area (Å²) in [7, 11) is 0. The normalized spacial score (nSPS) is 14.6. The van der Waals surface area contributed by atoms with E-state index in [0.29, 0.717) is 12.1 Å². The second-order valence-electron chi connectivity index (χ2n) is 6.03.